The molecule has 19 heavy (non-hydrogen) atoms. The number of carboxylic acid groups (broad SMARTS) is 1. The molecule has 1 atom stereocenters. The summed E-state index contributed by atoms with van der Waals surface area (Å²) in [6, 6.07) is 8.82. The molecular formula is C15H19NO3. The molecule has 0 heterocycles. The number of carbonyl (C=O) groups excluding carboxylic acids is 1. The first-order valence-electron chi connectivity index (χ1n) is 6.65. The van der Waals surface area contributed by atoms with E-state index >= 15 is 0 Å². The van der Waals surface area contributed by atoms with Gasteiger partial charge in [-0.05, 0) is 25.3 Å². The lowest BCUT2D eigenvalue weighted by Gasteiger charge is -2.29. The maximum atomic E-state index is 12.5. The van der Waals surface area contributed by atoms with Crippen molar-refractivity contribution in [3.05, 3.63) is 35.9 Å². The maximum absolute atomic E-state index is 12.5. The van der Waals surface area contributed by atoms with Crippen LogP contribution in [0.15, 0.2) is 30.3 Å². The second-order valence-electron chi connectivity index (χ2n) is 5.19. The summed E-state index contributed by atoms with van der Waals surface area (Å²) in [6.45, 7) is 1.49. The summed E-state index contributed by atoms with van der Waals surface area (Å²) in [7, 11) is 0. The van der Waals surface area contributed by atoms with E-state index in [4.69, 9.17) is 5.11 Å². The van der Waals surface area contributed by atoms with Gasteiger partial charge in [-0.3, -0.25) is 9.59 Å². The minimum absolute atomic E-state index is 0.161. The highest BCUT2D eigenvalue weighted by Crippen LogP contribution is 2.41. The molecule has 1 aromatic carbocycles. The summed E-state index contributed by atoms with van der Waals surface area (Å²) in [5.41, 5.74) is 0.438. The molecule has 1 aromatic rings. The predicted octanol–water partition coefficient (Wildman–Crippen LogP) is 2.09. The lowest BCUT2D eigenvalue weighted by atomic mass is 9.78. The largest absolute Gasteiger partial charge is 0.480 e. The van der Waals surface area contributed by atoms with Crippen LogP contribution in [0.3, 0.4) is 0 Å². The van der Waals surface area contributed by atoms with E-state index in [1.54, 1.807) is 0 Å². The Morgan fingerprint density at radius 1 is 1.21 bits per heavy atom. The topological polar surface area (TPSA) is 66.4 Å². The highest BCUT2D eigenvalue weighted by molar-refractivity contribution is 5.91. The average molecular weight is 261 g/mol. The fourth-order valence-corrected chi connectivity index (χ4v) is 2.78. The van der Waals surface area contributed by atoms with Gasteiger partial charge in [-0.15, -0.1) is 0 Å². The van der Waals surface area contributed by atoms with Crippen molar-refractivity contribution < 1.29 is 14.7 Å². The zero-order valence-electron chi connectivity index (χ0n) is 11.1. The first-order valence-corrected chi connectivity index (χ1v) is 6.65. The van der Waals surface area contributed by atoms with E-state index in [0.717, 1.165) is 31.2 Å². The number of carboxylic acids is 1. The molecule has 1 saturated carbocycles. The quantitative estimate of drug-likeness (QED) is 0.872. The molecule has 1 aliphatic rings. The molecule has 0 aromatic heterocycles. The van der Waals surface area contributed by atoms with Gasteiger partial charge in [0.25, 0.3) is 0 Å². The summed E-state index contributed by atoms with van der Waals surface area (Å²) in [4.78, 5) is 23.4. The Kier molecular flexibility index (Phi) is 3.88. The summed E-state index contributed by atoms with van der Waals surface area (Å²) < 4.78 is 0. The Labute approximate surface area is 112 Å². The lowest BCUT2D eigenvalue weighted by Crippen LogP contribution is -2.48. The monoisotopic (exact) mass is 261 g/mol. The van der Waals surface area contributed by atoms with Crippen molar-refractivity contribution in [1.82, 2.24) is 5.32 Å². The number of aliphatic carboxylic acids is 1. The van der Waals surface area contributed by atoms with E-state index in [0.29, 0.717) is 0 Å². The van der Waals surface area contributed by atoms with E-state index in [9.17, 15) is 9.59 Å². The molecule has 0 radical (unpaired) electrons. The standard InChI is InChI=1S/C15H19NO3/c1-11(13(17)18)16-14(19)15(9-5-6-10-15)12-7-3-2-4-8-12/h2-4,7-8,11H,5-6,9-10H2,1H3,(H,16,19)(H,17,18)/t11-/m1/s1. The number of amides is 1. The van der Waals surface area contributed by atoms with Crippen LogP contribution in [0.25, 0.3) is 0 Å². The highest BCUT2D eigenvalue weighted by atomic mass is 16.4. The molecule has 0 aliphatic heterocycles. The van der Waals surface area contributed by atoms with Gasteiger partial charge in [0.2, 0.25) is 5.91 Å². The van der Waals surface area contributed by atoms with Gasteiger partial charge < -0.3 is 10.4 Å². The van der Waals surface area contributed by atoms with Crippen LogP contribution >= 0.6 is 0 Å². The van der Waals surface area contributed by atoms with E-state index in [1.165, 1.54) is 6.92 Å². The Morgan fingerprint density at radius 2 is 1.79 bits per heavy atom. The molecule has 1 fully saturated rings. The van der Waals surface area contributed by atoms with Crippen LogP contribution in [0, 0.1) is 0 Å². The first-order chi connectivity index (χ1) is 9.06. The van der Waals surface area contributed by atoms with Crippen LogP contribution in [-0.4, -0.2) is 23.0 Å². The molecule has 4 nitrogen and oxygen atoms in total. The molecule has 0 spiro atoms. The molecular weight excluding hydrogens is 242 g/mol. The van der Waals surface area contributed by atoms with Crippen molar-refractivity contribution in [3.8, 4) is 0 Å². The third-order valence-electron chi connectivity index (χ3n) is 3.94. The minimum atomic E-state index is -1.01. The van der Waals surface area contributed by atoms with Crippen LogP contribution in [0.1, 0.15) is 38.2 Å². The fraction of sp³-hybridized carbons (Fsp3) is 0.467. The van der Waals surface area contributed by atoms with Crippen LogP contribution in [0.5, 0.6) is 0 Å². The van der Waals surface area contributed by atoms with Crippen molar-refractivity contribution >= 4 is 11.9 Å². The second-order valence-corrected chi connectivity index (χ2v) is 5.19. The van der Waals surface area contributed by atoms with E-state index in [1.807, 2.05) is 30.3 Å². The van der Waals surface area contributed by atoms with Crippen LogP contribution in [0.2, 0.25) is 0 Å². The Balaban J connectivity index is 2.25. The van der Waals surface area contributed by atoms with Crippen LogP contribution < -0.4 is 5.32 Å². The number of carbonyl (C=O) groups is 2. The molecule has 2 N–H and O–H groups in total. The van der Waals surface area contributed by atoms with Gasteiger partial charge in [-0.25, -0.2) is 0 Å². The number of hydrogen-bond donors (Lipinski definition) is 2. The Morgan fingerprint density at radius 3 is 2.32 bits per heavy atom. The van der Waals surface area contributed by atoms with Gasteiger partial charge in [-0.1, -0.05) is 43.2 Å². The van der Waals surface area contributed by atoms with Crippen molar-refractivity contribution in [3.63, 3.8) is 0 Å². The van der Waals surface area contributed by atoms with E-state index < -0.39 is 17.4 Å². The third-order valence-corrected chi connectivity index (χ3v) is 3.94. The van der Waals surface area contributed by atoms with E-state index in [-0.39, 0.29) is 5.91 Å². The molecule has 102 valence electrons. The molecule has 0 bridgehead atoms. The number of rotatable bonds is 4. The molecule has 1 aliphatic carbocycles. The normalized spacial score (nSPS) is 18.8. The van der Waals surface area contributed by atoms with Gasteiger partial charge in [0.05, 0.1) is 5.41 Å². The molecule has 2 rings (SSSR count). The molecule has 0 saturated heterocycles. The van der Waals surface area contributed by atoms with Gasteiger partial charge in [0, 0.05) is 0 Å². The van der Waals surface area contributed by atoms with Gasteiger partial charge in [0.15, 0.2) is 0 Å². The number of benzene rings is 1. The smallest absolute Gasteiger partial charge is 0.325 e. The van der Waals surface area contributed by atoms with Crippen molar-refractivity contribution in [2.75, 3.05) is 0 Å². The Hall–Kier alpha value is -1.84. The van der Waals surface area contributed by atoms with Gasteiger partial charge >= 0.3 is 5.97 Å². The predicted molar refractivity (Wildman–Crippen MR) is 71.8 cm³/mol. The highest BCUT2D eigenvalue weighted by Gasteiger charge is 2.43. The van der Waals surface area contributed by atoms with Gasteiger partial charge in [-0.2, -0.15) is 0 Å². The van der Waals surface area contributed by atoms with Crippen molar-refractivity contribution in [2.24, 2.45) is 0 Å². The second kappa shape index (κ2) is 5.43. The summed E-state index contributed by atoms with van der Waals surface area (Å²) in [5, 5.41) is 11.5. The molecule has 1 amide bonds. The number of nitrogens with one attached hydrogen (secondary N) is 1. The van der Waals surface area contributed by atoms with E-state index in [2.05, 4.69) is 5.32 Å². The lowest BCUT2D eigenvalue weighted by molar-refractivity contribution is -0.142. The summed E-state index contributed by atoms with van der Waals surface area (Å²) in [5.74, 6) is -1.17. The maximum Gasteiger partial charge on any atom is 0.325 e. The molecule has 0 unspecified atom stereocenters. The van der Waals surface area contributed by atoms with Crippen molar-refractivity contribution in [2.45, 2.75) is 44.1 Å². The summed E-state index contributed by atoms with van der Waals surface area (Å²) >= 11 is 0. The number of hydrogen-bond acceptors (Lipinski definition) is 2. The van der Waals surface area contributed by atoms with Crippen LogP contribution in [-0.2, 0) is 15.0 Å². The summed E-state index contributed by atoms with van der Waals surface area (Å²) in [6.07, 6.45) is 3.58. The first kappa shape index (κ1) is 13.6. The SMILES string of the molecule is C[C@@H](NC(=O)C1(c2ccccc2)CCCC1)C(=O)O. The van der Waals surface area contributed by atoms with Gasteiger partial charge in [0.1, 0.15) is 6.04 Å². The zero-order valence-corrected chi connectivity index (χ0v) is 11.1. The zero-order chi connectivity index (χ0) is 13.9. The third kappa shape index (κ3) is 2.62. The fourth-order valence-electron chi connectivity index (χ4n) is 2.78. The minimum Gasteiger partial charge on any atom is -0.480 e. The average Bonchev–Trinajstić information content (AvgIpc) is 2.90. The Bertz CT molecular complexity index is 464. The van der Waals surface area contributed by atoms with Crippen LogP contribution in [0.4, 0.5) is 0 Å². The molecule has 4 heteroatoms. The van der Waals surface area contributed by atoms with Crippen molar-refractivity contribution in [1.29, 1.82) is 0 Å².